The molecule has 0 aromatic carbocycles. The van der Waals surface area contributed by atoms with Crippen LogP contribution in [0.15, 0.2) is 0 Å². The summed E-state index contributed by atoms with van der Waals surface area (Å²) in [6, 6.07) is 0. The zero-order chi connectivity index (χ0) is 11.4. The Kier molecular flexibility index (Phi) is 5.72. The van der Waals surface area contributed by atoms with E-state index < -0.39 is 0 Å². The summed E-state index contributed by atoms with van der Waals surface area (Å²) in [6.07, 6.45) is 0.614. The minimum absolute atomic E-state index is 0.152. The summed E-state index contributed by atoms with van der Waals surface area (Å²) < 4.78 is 0. The van der Waals surface area contributed by atoms with Gasteiger partial charge in [0.1, 0.15) is 0 Å². The van der Waals surface area contributed by atoms with Gasteiger partial charge < -0.3 is 5.32 Å². The van der Waals surface area contributed by atoms with Gasteiger partial charge in [-0.05, 0) is 11.3 Å². The van der Waals surface area contributed by atoms with E-state index >= 15 is 0 Å². The molecule has 0 aliphatic heterocycles. The van der Waals surface area contributed by atoms with Crippen LogP contribution in [-0.2, 0) is 4.79 Å². The van der Waals surface area contributed by atoms with Crippen molar-refractivity contribution < 1.29 is 4.79 Å². The summed E-state index contributed by atoms with van der Waals surface area (Å²) in [5.74, 6) is 0.562. The first-order valence-corrected chi connectivity index (χ1v) is 6.05. The van der Waals surface area contributed by atoms with Crippen LogP contribution in [0.3, 0.4) is 0 Å². The average Bonchev–Trinajstić information content (AvgIpc) is 1.99. The van der Waals surface area contributed by atoms with E-state index in [1.54, 1.807) is 0 Å². The number of rotatable bonds is 4. The van der Waals surface area contributed by atoms with Gasteiger partial charge in [0.2, 0.25) is 5.91 Å². The van der Waals surface area contributed by atoms with Gasteiger partial charge in [-0.2, -0.15) is 0 Å². The fraction of sp³-hybridized carbons (Fsp3) is 0.909. The Hall–Kier alpha value is -0.0500. The number of halogens is 1. The quantitative estimate of drug-likeness (QED) is 0.777. The van der Waals surface area contributed by atoms with Crippen molar-refractivity contribution in [2.75, 3.05) is 6.54 Å². The topological polar surface area (TPSA) is 29.1 Å². The van der Waals surface area contributed by atoms with Gasteiger partial charge in [0, 0.05) is 17.8 Å². The van der Waals surface area contributed by atoms with E-state index in [9.17, 15) is 4.79 Å². The molecule has 0 saturated carbocycles. The number of hydrogen-bond acceptors (Lipinski definition) is 1. The highest BCUT2D eigenvalue weighted by Crippen LogP contribution is 2.27. The van der Waals surface area contributed by atoms with Gasteiger partial charge in [-0.1, -0.05) is 50.5 Å². The molecule has 0 aromatic rings. The molecule has 0 spiro atoms. The van der Waals surface area contributed by atoms with Gasteiger partial charge in [-0.3, -0.25) is 4.79 Å². The molecule has 14 heavy (non-hydrogen) atoms. The van der Waals surface area contributed by atoms with Crippen molar-refractivity contribution in [2.45, 2.75) is 45.9 Å². The maximum absolute atomic E-state index is 11.5. The smallest absolute Gasteiger partial charge is 0.220 e. The van der Waals surface area contributed by atoms with Crippen LogP contribution >= 0.6 is 15.9 Å². The summed E-state index contributed by atoms with van der Waals surface area (Å²) >= 11 is 3.39. The number of amides is 1. The Morgan fingerprint density at radius 2 is 1.86 bits per heavy atom. The van der Waals surface area contributed by atoms with E-state index in [1.165, 1.54) is 0 Å². The molecule has 0 heterocycles. The molecule has 2 unspecified atom stereocenters. The molecule has 3 heteroatoms. The average molecular weight is 264 g/mol. The second-order valence-corrected chi connectivity index (χ2v) is 6.62. The third-order valence-electron chi connectivity index (χ3n) is 2.55. The van der Waals surface area contributed by atoms with Crippen molar-refractivity contribution in [1.82, 2.24) is 5.32 Å². The monoisotopic (exact) mass is 263 g/mol. The number of hydrogen-bond donors (Lipinski definition) is 1. The number of alkyl halides is 1. The molecule has 1 amide bonds. The Balaban J connectivity index is 3.84. The lowest BCUT2D eigenvalue weighted by atomic mass is 9.80. The molecular formula is C11H22BrNO. The van der Waals surface area contributed by atoms with Crippen LogP contribution in [0.4, 0.5) is 0 Å². The molecule has 0 fully saturated rings. The zero-order valence-electron chi connectivity index (χ0n) is 9.86. The van der Waals surface area contributed by atoms with Crippen LogP contribution in [0.25, 0.3) is 0 Å². The lowest BCUT2D eigenvalue weighted by Gasteiger charge is -2.26. The van der Waals surface area contributed by atoms with Crippen molar-refractivity contribution >= 4 is 21.8 Å². The molecule has 0 rings (SSSR count). The van der Waals surface area contributed by atoms with Crippen molar-refractivity contribution in [1.29, 1.82) is 0 Å². The molecule has 0 bridgehead atoms. The Bertz CT molecular complexity index is 184. The van der Waals surface area contributed by atoms with Crippen LogP contribution in [0.5, 0.6) is 0 Å². The number of nitrogens with one attached hydrogen (secondary N) is 1. The Labute approximate surface area is 96.0 Å². The molecule has 0 saturated heterocycles. The lowest BCUT2D eigenvalue weighted by molar-refractivity contribution is -0.122. The summed E-state index contributed by atoms with van der Waals surface area (Å²) in [5, 5.41) is 2.90. The van der Waals surface area contributed by atoms with Gasteiger partial charge in [-0.25, -0.2) is 0 Å². The van der Waals surface area contributed by atoms with Crippen LogP contribution in [0, 0.1) is 11.3 Å². The second kappa shape index (κ2) is 5.74. The summed E-state index contributed by atoms with van der Waals surface area (Å²) in [5.41, 5.74) is 0.206. The lowest BCUT2D eigenvalue weighted by Crippen LogP contribution is -2.32. The zero-order valence-corrected chi connectivity index (χ0v) is 11.4. The van der Waals surface area contributed by atoms with E-state index in [0.717, 1.165) is 0 Å². The predicted molar refractivity (Wildman–Crippen MR) is 64.6 cm³/mol. The first-order valence-electron chi connectivity index (χ1n) is 5.14. The van der Waals surface area contributed by atoms with E-state index in [2.05, 4.69) is 48.9 Å². The standard InChI is InChI=1S/C11H22BrNO/c1-8(11(3,4)5)6-10(14)13-7-9(2)12/h8-9H,6-7H2,1-5H3,(H,13,14). The largest absolute Gasteiger partial charge is 0.355 e. The number of carbonyl (C=O) groups excluding carboxylic acids is 1. The molecule has 2 atom stereocenters. The van der Waals surface area contributed by atoms with Crippen molar-refractivity contribution in [3.63, 3.8) is 0 Å². The highest BCUT2D eigenvalue weighted by atomic mass is 79.9. The second-order valence-electron chi connectivity index (χ2n) is 5.06. The maximum Gasteiger partial charge on any atom is 0.220 e. The molecule has 0 aliphatic rings. The molecule has 84 valence electrons. The van der Waals surface area contributed by atoms with E-state index in [4.69, 9.17) is 0 Å². The molecule has 0 aliphatic carbocycles. The van der Waals surface area contributed by atoms with Crippen LogP contribution in [-0.4, -0.2) is 17.3 Å². The van der Waals surface area contributed by atoms with Gasteiger partial charge in [-0.15, -0.1) is 0 Å². The van der Waals surface area contributed by atoms with Crippen LogP contribution in [0.2, 0.25) is 0 Å². The SMILES string of the molecule is CC(Br)CNC(=O)CC(C)C(C)(C)C. The third-order valence-corrected chi connectivity index (χ3v) is 2.87. The molecule has 0 radical (unpaired) electrons. The number of carbonyl (C=O) groups is 1. The van der Waals surface area contributed by atoms with E-state index in [0.29, 0.717) is 23.7 Å². The summed E-state index contributed by atoms with van der Waals surface area (Å²) in [7, 11) is 0. The van der Waals surface area contributed by atoms with Gasteiger partial charge >= 0.3 is 0 Å². The minimum atomic E-state index is 0.152. The molecule has 0 aromatic heterocycles. The highest BCUT2D eigenvalue weighted by Gasteiger charge is 2.22. The minimum Gasteiger partial charge on any atom is -0.355 e. The molecule has 2 nitrogen and oxygen atoms in total. The first-order chi connectivity index (χ1) is 6.23. The van der Waals surface area contributed by atoms with Gasteiger partial charge in [0.15, 0.2) is 0 Å². The van der Waals surface area contributed by atoms with Crippen molar-refractivity contribution in [2.24, 2.45) is 11.3 Å². The Morgan fingerprint density at radius 1 is 1.36 bits per heavy atom. The fourth-order valence-corrected chi connectivity index (χ4v) is 1.07. The maximum atomic E-state index is 11.5. The summed E-state index contributed by atoms with van der Waals surface area (Å²) in [4.78, 5) is 11.8. The summed E-state index contributed by atoms with van der Waals surface area (Å²) in [6.45, 7) is 11.3. The van der Waals surface area contributed by atoms with Gasteiger partial charge in [0.05, 0.1) is 0 Å². The first kappa shape index (κ1) is 13.9. The molecular weight excluding hydrogens is 242 g/mol. The van der Waals surface area contributed by atoms with E-state index in [-0.39, 0.29) is 11.3 Å². The predicted octanol–water partition coefficient (Wildman–Crippen LogP) is 2.96. The third kappa shape index (κ3) is 6.41. The highest BCUT2D eigenvalue weighted by molar-refractivity contribution is 9.09. The van der Waals surface area contributed by atoms with Gasteiger partial charge in [0.25, 0.3) is 0 Å². The van der Waals surface area contributed by atoms with Crippen molar-refractivity contribution in [3.8, 4) is 0 Å². The normalized spacial score (nSPS) is 16.1. The van der Waals surface area contributed by atoms with Crippen LogP contribution in [0.1, 0.15) is 41.0 Å². The van der Waals surface area contributed by atoms with E-state index in [1.807, 2.05) is 6.92 Å². The van der Waals surface area contributed by atoms with Crippen molar-refractivity contribution in [3.05, 3.63) is 0 Å². The Morgan fingerprint density at radius 3 is 2.21 bits per heavy atom. The molecule has 1 N–H and O–H groups in total. The fourth-order valence-electron chi connectivity index (χ4n) is 0.911. The van der Waals surface area contributed by atoms with Crippen LogP contribution < -0.4 is 5.32 Å².